The van der Waals surface area contributed by atoms with Crippen molar-refractivity contribution in [1.82, 2.24) is 0 Å². The van der Waals surface area contributed by atoms with Crippen molar-refractivity contribution in [3.63, 3.8) is 0 Å². The van der Waals surface area contributed by atoms with E-state index in [4.69, 9.17) is 11.6 Å². The average Bonchev–Trinajstić information content (AvgIpc) is 3.17. The number of carbonyl (C=O) groups is 1. The molecule has 1 amide bonds. The predicted molar refractivity (Wildman–Crippen MR) is 127 cm³/mol. The van der Waals surface area contributed by atoms with Crippen molar-refractivity contribution in [2.75, 3.05) is 22.8 Å². The highest BCUT2D eigenvalue weighted by molar-refractivity contribution is 9.10. The van der Waals surface area contributed by atoms with Crippen LogP contribution in [0.15, 0.2) is 76.1 Å². The van der Waals surface area contributed by atoms with Gasteiger partial charge in [0.2, 0.25) is 5.91 Å². The zero-order chi connectivity index (χ0) is 22.2. The molecule has 0 atom stereocenters. The Bertz CT molecular complexity index is 1230. The molecule has 0 unspecified atom stereocenters. The summed E-state index contributed by atoms with van der Waals surface area (Å²) in [5.74, 6) is 0.0240. The molecule has 8 heteroatoms. The highest BCUT2D eigenvalue weighted by Gasteiger charge is 2.25. The van der Waals surface area contributed by atoms with E-state index in [1.54, 1.807) is 36.4 Å². The van der Waals surface area contributed by atoms with Crippen LogP contribution in [-0.2, 0) is 27.7 Å². The molecule has 1 heterocycles. The lowest BCUT2D eigenvalue weighted by atomic mass is 10.1. The standard InChI is InChI=1S/C23H20BrClN2O3S/c1-26(31(29,30)21-9-5-19(25)6-10-21)20-7-2-16(3-8-20)14-23(28)27-13-12-17-15-18(24)4-11-22(17)27/h2-11,15H,12-14H2,1H3. The second kappa shape index (κ2) is 8.65. The molecule has 1 aliphatic heterocycles. The third-order valence-corrected chi connectivity index (χ3v) is 7.91. The Morgan fingerprint density at radius 1 is 1.06 bits per heavy atom. The first-order valence-corrected chi connectivity index (χ1v) is 12.3. The van der Waals surface area contributed by atoms with Crippen LogP contribution in [0.25, 0.3) is 0 Å². The van der Waals surface area contributed by atoms with Crippen LogP contribution in [0.3, 0.4) is 0 Å². The molecule has 0 spiro atoms. The number of benzene rings is 3. The van der Waals surface area contributed by atoms with Crippen molar-refractivity contribution < 1.29 is 13.2 Å². The van der Waals surface area contributed by atoms with Crippen LogP contribution in [0, 0.1) is 0 Å². The van der Waals surface area contributed by atoms with Gasteiger partial charge in [0.1, 0.15) is 0 Å². The molecule has 160 valence electrons. The number of rotatable bonds is 5. The molecule has 0 saturated heterocycles. The first kappa shape index (κ1) is 21.9. The second-order valence-corrected chi connectivity index (χ2v) is 10.7. The van der Waals surface area contributed by atoms with Gasteiger partial charge in [-0.05, 0) is 72.1 Å². The number of hydrogen-bond donors (Lipinski definition) is 0. The summed E-state index contributed by atoms with van der Waals surface area (Å²) in [5, 5.41) is 0.476. The molecule has 3 aromatic carbocycles. The molecule has 5 nitrogen and oxygen atoms in total. The van der Waals surface area contributed by atoms with Crippen LogP contribution >= 0.6 is 27.5 Å². The highest BCUT2D eigenvalue weighted by Crippen LogP contribution is 2.31. The maximum atomic E-state index is 12.9. The minimum absolute atomic E-state index is 0.0240. The van der Waals surface area contributed by atoms with Crippen LogP contribution in [0.4, 0.5) is 11.4 Å². The molecule has 0 fully saturated rings. The molecule has 0 radical (unpaired) electrons. The molecular formula is C23H20BrClN2O3S. The van der Waals surface area contributed by atoms with Gasteiger partial charge >= 0.3 is 0 Å². The van der Waals surface area contributed by atoms with E-state index < -0.39 is 10.0 Å². The van der Waals surface area contributed by atoms with Gasteiger partial charge in [0.05, 0.1) is 17.0 Å². The number of amides is 1. The second-order valence-electron chi connectivity index (χ2n) is 7.34. The van der Waals surface area contributed by atoms with Gasteiger partial charge in [-0.25, -0.2) is 8.42 Å². The predicted octanol–water partition coefficient (Wildman–Crippen LogP) is 5.06. The van der Waals surface area contributed by atoms with Gasteiger partial charge in [-0.15, -0.1) is 0 Å². The minimum Gasteiger partial charge on any atom is -0.312 e. The van der Waals surface area contributed by atoms with Crippen LogP contribution in [-0.4, -0.2) is 27.9 Å². The fraction of sp³-hybridized carbons (Fsp3) is 0.174. The first-order valence-electron chi connectivity index (χ1n) is 9.68. The molecule has 0 bridgehead atoms. The van der Waals surface area contributed by atoms with Gasteiger partial charge in [0, 0.05) is 28.8 Å². The molecule has 31 heavy (non-hydrogen) atoms. The zero-order valence-corrected chi connectivity index (χ0v) is 19.9. The van der Waals surface area contributed by atoms with Gasteiger partial charge in [0.25, 0.3) is 10.0 Å². The monoisotopic (exact) mass is 518 g/mol. The molecule has 0 aliphatic carbocycles. The van der Waals surface area contributed by atoms with Crippen LogP contribution in [0.2, 0.25) is 5.02 Å². The summed E-state index contributed by atoms with van der Waals surface area (Å²) in [7, 11) is -2.20. The Labute approximate surface area is 195 Å². The first-order chi connectivity index (χ1) is 14.8. The number of carbonyl (C=O) groups excluding carboxylic acids is 1. The number of nitrogens with zero attached hydrogens (tertiary/aromatic N) is 2. The molecule has 0 saturated carbocycles. The number of sulfonamides is 1. The molecule has 0 N–H and O–H groups in total. The fourth-order valence-electron chi connectivity index (χ4n) is 3.63. The lowest BCUT2D eigenvalue weighted by Crippen LogP contribution is -2.30. The lowest BCUT2D eigenvalue weighted by Gasteiger charge is -2.20. The van der Waals surface area contributed by atoms with E-state index in [9.17, 15) is 13.2 Å². The van der Waals surface area contributed by atoms with Crippen molar-refractivity contribution in [3.05, 3.63) is 87.4 Å². The van der Waals surface area contributed by atoms with Gasteiger partial charge in [0.15, 0.2) is 0 Å². The maximum Gasteiger partial charge on any atom is 0.264 e. The Morgan fingerprint density at radius 3 is 2.42 bits per heavy atom. The van der Waals surface area contributed by atoms with Gasteiger partial charge < -0.3 is 4.90 Å². The summed E-state index contributed by atoms with van der Waals surface area (Å²) >= 11 is 9.33. The molecule has 0 aromatic heterocycles. The maximum absolute atomic E-state index is 12.9. The van der Waals surface area contributed by atoms with Crippen molar-refractivity contribution in [3.8, 4) is 0 Å². The third-order valence-electron chi connectivity index (χ3n) is 5.37. The normalized spacial score (nSPS) is 13.2. The summed E-state index contributed by atoms with van der Waals surface area (Å²) in [6, 6.07) is 19.0. The van der Waals surface area contributed by atoms with Crippen LogP contribution in [0.5, 0.6) is 0 Å². The number of hydrogen-bond acceptors (Lipinski definition) is 3. The van der Waals surface area contributed by atoms with Crippen molar-refractivity contribution in [2.24, 2.45) is 0 Å². The summed E-state index contributed by atoms with van der Waals surface area (Å²) in [4.78, 5) is 14.8. The van der Waals surface area contributed by atoms with E-state index in [-0.39, 0.29) is 17.2 Å². The molecule has 1 aliphatic rings. The van der Waals surface area contributed by atoms with E-state index in [2.05, 4.69) is 15.9 Å². The SMILES string of the molecule is CN(c1ccc(CC(=O)N2CCc3cc(Br)ccc32)cc1)S(=O)(=O)c1ccc(Cl)cc1. The summed E-state index contributed by atoms with van der Waals surface area (Å²) < 4.78 is 27.9. The summed E-state index contributed by atoms with van der Waals surface area (Å²) in [6.45, 7) is 0.671. The number of halogens is 2. The molecule has 3 aromatic rings. The average molecular weight is 520 g/mol. The summed E-state index contributed by atoms with van der Waals surface area (Å²) in [5.41, 5.74) is 3.46. The van der Waals surface area contributed by atoms with Gasteiger partial charge in [-0.2, -0.15) is 0 Å². The van der Waals surface area contributed by atoms with Crippen molar-refractivity contribution >= 4 is 54.8 Å². The quantitative estimate of drug-likeness (QED) is 0.473. The Balaban J connectivity index is 1.47. The van der Waals surface area contributed by atoms with E-state index in [0.29, 0.717) is 17.3 Å². The van der Waals surface area contributed by atoms with E-state index >= 15 is 0 Å². The summed E-state index contributed by atoms with van der Waals surface area (Å²) in [6.07, 6.45) is 1.09. The Morgan fingerprint density at radius 2 is 1.74 bits per heavy atom. The minimum atomic E-state index is -3.70. The molecule has 4 rings (SSSR count). The third kappa shape index (κ3) is 4.49. The molecular weight excluding hydrogens is 500 g/mol. The number of anilines is 2. The zero-order valence-electron chi connectivity index (χ0n) is 16.8. The number of fused-ring (bicyclic) bond motifs is 1. The lowest BCUT2D eigenvalue weighted by molar-refractivity contribution is -0.117. The van der Waals surface area contributed by atoms with Gasteiger partial charge in [-0.3, -0.25) is 9.10 Å². The Hall–Kier alpha value is -2.35. The Kier molecular flexibility index (Phi) is 6.10. The highest BCUT2D eigenvalue weighted by atomic mass is 79.9. The van der Waals surface area contributed by atoms with E-state index in [1.165, 1.54) is 23.5 Å². The van der Waals surface area contributed by atoms with Crippen LogP contribution in [0.1, 0.15) is 11.1 Å². The fourth-order valence-corrected chi connectivity index (χ4v) is 5.36. The smallest absolute Gasteiger partial charge is 0.264 e. The van der Waals surface area contributed by atoms with E-state index in [0.717, 1.165) is 27.7 Å². The van der Waals surface area contributed by atoms with Crippen molar-refractivity contribution in [1.29, 1.82) is 0 Å². The van der Waals surface area contributed by atoms with E-state index in [1.807, 2.05) is 23.1 Å². The van der Waals surface area contributed by atoms with Gasteiger partial charge in [-0.1, -0.05) is 39.7 Å². The largest absolute Gasteiger partial charge is 0.312 e. The van der Waals surface area contributed by atoms with Crippen molar-refractivity contribution in [2.45, 2.75) is 17.7 Å². The van der Waals surface area contributed by atoms with Crippen LogP contribution < -0.4 is 9.21 Å². The topological polar surface area (TPSA) is 57.7 Å².